The largest absolute Gasteiger partial charge is 0.495 e. The van der Waals surface area contributed by atoms with E-state index < -0.39 is 0 Å². The summed E-state index contributed by atoms with van der Waals surface area (Å²) >= 11 is 0. The van der Waals surface area contributed by atoms with E-state index in [1.54, 1.807) is 7.11 Å². The van der Waals surface area contributed by atoms with E-state index in [1.165, 1.54) is 6.92 Å². The molecule has 0 aromatic heterocycles. The highest BCUT2D eigenvalue weighted by Gasteiger charge is 2.09. The van der Waals surface area contributed by atoms with Gasteiger partial charge in [0.25, 0.3) is 0 Å². The van der Waals surface area contributed by atoms with Crippen molar-refractivity contribution in [2.75, 3.05) is 12.4 Å². The maximum atomic E-state index is 11.7. The molecule has 1 aromatic carbocycles. The van der Waals surface area contributed by atoms with E-state index in [9.17, 15) is 9.59 Å². The standard InChI is InChI=1S/C14H19NO3/c1-4-11-6-7-13(18-3)12(9-11)15-14(17)8-5-10(2)16/h6-7,9H,4-5,8H2,1-3H3,(H,15,17). The molecule has 0 atom stereocenters. The molecule has 0 aliphatic rings. The lowest BCUT2D eigenvalue weighted by molar-refractivity contribution is -0.121. The molecule has 1 rings (SSSR count). The molecule has 4 heteroatoms. The van der Waals surface area contributed by atoms with Gasteiger partial charge in [-0.1, -0.05) is 13.0 Å². The summed E-state index contributed by atoms with van der Waals surface area (Å²) in [6.07, 6.45) is 1.36. The molecule has 98 valence electrons. The summed E-state index contributed by atoms with van der Waals surface area (Å²) in [7, 11) is 1.56. The summed E-state index contributed by atoms with van der Waals surface area (Å²) in [6, 6.07) is 5.69. The van der Waals surface area contributed by atoms with Crippen molar-refractivity contribution in [3.63, 3.8) is 0 Å². The van der Waals surface area contributed by atoms with Crippen molar-refractivity contribution in [3.05, 3.63) is 23.8 Å². The van der Waals surface area contributed by atoms with Crippen LogP contribution >= 0.6 is 0 Å². The first-order valence-electron chi connectivity index (χ1n) is 6.03. The third-order valence-corrected chi connectivity index (χ3v) is 2.65. The number of aryl methyl sites for hydroxylation is 1. The molecule has 18 heavy (non-hydrogen) atoms. The number of nitrogens with one attached hydrogen (secondary N) is 1. The fraction of sp³-hybridized carbons (Fsp3) is 0.429. The van der Waals surface area contributed by atoms with Gasteiger partial charge >= 0.3 is 0 Å². The normalized spacial score (nSPS) is 9.94. The van der Waals surface area contributed by atoms with Crippen LogP contribution in [0.4, 0.5) is 5.69 Å². The lowest BCUT2D eigenvalue weighted by Crippen LogP contribution is -2.13. The van der Waals surface area contributed by atoms with E-state index in [-0.39, 0.29) is 24.5 Å². The molecule has 0 heterocycles. The van der Waals surface area contributed by atoms with E-state index in [0.717, 1.165) is 12.0 Å². The first-order valence-corrected chi connectivity index (χ1v) is 6.03. The fourth-order valence-electron chi connectivity index (χ4n) is 1.58. The Labute approximate surface area is 107 Å². The van der Waals surface area contributed by atoms with Crippen molar-refractivity contribution in [2.45, 2.75) is 33.1 Å². The molecule has 1 aromatic rings. The number of ketones is 1. The number of hydrogen-bond donors (Lipinski definition) is 1. The number of hydrogen-bond acceptors (Lipinski definition) is 3. The van der Waals surface area contributed by atoms with Crippen LogP contribution in [0, 0.1) is 0 Å². The van der Waals surface area contributed by atoms with Gasteiger partial charge in [0.1, 0.15) is 11.5 Å². The summed E-state index contributed by atoms with van der Waals surface area (Å²) in [5, 5.41) is 2.78. The minimum Gasteiger partial charge on any atom is -0.495 e. The van der Waals surface area contributed by atoms with Crippen molar-refractivity contribution < 1.29 is 14.3 Å². The van der Waals surface area contributed by atoms with Crippen LogP contribution in [0.1, 0.15) is 32.3 Å². The number of Topliss-reactive ketones (excluding diaryl/α,β-unsaturated/α-hetero) is 1. The molecular formula is C14H19NO3. The Morgan fingerprint density at radius 1 is 1.28 bits per heavy atom. The van der Waals surface area contributed by atoms with Gasteiger partial charge in [0.2, 0.25) is 5.91 Å². The first kappa shape index (κ1) is 14.2. The number of anilines is 1. The van der Waals surface area contributed by atoms with Crippen LogP contribution in [0.15, 0.2) is 18.2 Å². The average Bonchev–Trinajstić information content (AvgIpc) is 2.36. The molecule has 0 fully saturated rings. The van der Waals surface area contributed by atoms with E-state index in [0.29, 0.717) is 11.4 Å². The Morgan fingerprint density at radius 3 is 2.56 bits per heavy atom. The van der Waals surface area contributed by atoms with E-state index >= 15 is 0 Å². The molecule has 0 bridgehead atoms. The van der Waals surface area contributed by atoms with Gasteiger partial charge in [-0.2, -0.15) is 0 Å². The lowest BCUT2D eigenvalue weighted by atomic mass is 10.1. The van der Waals surface area contributed by atoms with Gasteiger partial charge in [-0.25, -0.2) is 0 Å². The van der Waals surface area contributed by atoms with Gasteiger partial charge in [-0.15, -0.1) is 0 Å². The summed E-state index contributed by atoms with van der Waals surface area (Å²) in [6.45, 7) is 3.52. The number of methoxy groups -OCH3 is 1. The molecule has 4 nitrogen and oxygen atoms in total. The zero-order chi connectivity index (χ0) is 13.5. The third-order valence-electron chi connectivity index (χ3n) is 2.65. The smallest absolute Gasteiger partial charge is 0.224 e. The highest BCUT2D eigenvalue weighted by atomic mass is 16.5. The molecule has 0 saturated carbocycles. The quantitative estimate of drug-likeness (QED) is 0.843. The van der Waals surface area contributed by atoms with Crippen LogP contribution < -0.4 is 10.1 Å². The minimum absolute atomic E-state index is 0.0134. The Morgan fingerprint density at radius 2 is 2.00 bits per heavy atom. The van der Waals surface area contributed by atoms with Gasteiger partial charge in [-0.3, -0.25) is 4.79 Å². The molecule has 0 saturated heterocycles. The van der Waals surface area contributed by atoms with Crippen molar-refractivity contribution in [1.29, 1.82) is 0 Å². The summed E-state index contributed by atoms with van der Waals surface area (Å²) in [4.78, 5) is 22.5. The van der Waals surface area contributed by atoms with Crippen molar-refractivity contribution in [1.82, 2.24) is 0 Å². The molecule has 0 unspecified atom stereocenters. The SMILES string of the molecule is CCc1ccc(OC)c(NC(=O)CCC(C)=O)c1. The predicted molar refractivity (Wildman–Crippen MR) is 70.9 cm³/mol. The van der Waals surface area contributed by atoms with E-state index in [1.807, 2.05) is 25.1 Å². The number of ether oxygens (including phenoxy) is 1. The number of carbonyl (C=O) groups excluding carboxylic acids is 2. The predicted octanol–water partition coefficient (Wildman–Crippen LogP) is 2.57. The summed E-state index contributed by atoms with van der Waals surface area (Å²) in [5.41, 5.74) is 1.78. The number of rotatable bonds is 6. The minimum atomic E-state index is -0.170. The highest BCUT2D eigenvalue weighted by Crippen LogP contribution is 2.25. The fourth-order valence-corrected chi connectivity index (χ4v) is 1.58. The maximum Gasteiger partial charge on any atom is 0.224 e. The highest BCUT2D eigenvalue weighted by molar-refractivity contribution is 5.94. The topological polar surface area (TPSA) is 55.4 Å². The molecule has 1 amide bonds. The molecule has 0 aliphatic carbocycles. The van der Waals surface area contributed by atoms with Gasteiger partial charge in [0.15, 0.2) is 0 Å². The second-order valence-corrected chi connectivity index (χ2v) is 4.14. The Balaban J connectivity index is 2.75. The zero-order valence-electron chi connectivity index (χ0n) is 11.1. The maximum absolute atomic E-state index is 11.7. The zero-order valence-corrected chi connectivity index (χ0v) is 11.1. The Bertz CT molecular complexity index is 441. The molecule has 0 aliphatic heterocycles. The van der Waals surface area contributed by atoms with Gasteiger partial charge < -0.3 is 14.8 Å². The van der Waals surface area contributed by atoms with Gasteiger partial charge in [0.05, 0.1) is 12.8 Å². The van der Waals surface area contributed by atoms with Crippen LogP contribution in [0.3, 0.4) is 0 Å². The van der Waals surface area contributed by atoms with Crippen LogP contribution in [-0.2, 0) is 16.0 Å². The van der Waals surface area contributed by atoms with Crippen LogP contribution in [0.5, 0.6) is 5.75 Å². The monoisotopic (exact) mass is 249 g/mol. The molecule has 0 radical (unpaired) electrons. The first-order chi connectivity index (χ1) is 8.56. The lowest BCUT2D eigenvalue weighted by Gasteiger charge is -2.11. The second kappa shape index (κ2) is 6.79. The van der Waals surface area contributed by atoms with Gasteiger partial charge in [-0.05, 0) is 31.0 Å². The Hall–Kier alpha value is -1.84. The number of benzene rings is 1. The van der Waals surface area contributed by atoms with Crippen molar-refractivity contribution in [3.8, 4) is 5.75 Å². The second-order valence-electron chi connectivity index (χ2n) is 4.14. The Kier molecular flexibility index (Phi) is 5.36. The number of amides is 1. The average molecular weight is 249 g/mol. The molecule has 1 N–H and O–H groups in total. The van der Waals surface area contributed by atoms with Crippen molar-refractivity contribution >= 4 is 17.4 Å². The summed E-state index contributed by atoms with van der Waals surface area (Å²) in [5.74, 6) is 0.472. The number of carbonyl (C=O) groups is 2. The summed E-state index contributed by atoms with van der Waals surface area (Å²) < 4.78 is 5.19. The molecule has 0 spiro atoms. The van der Waals surface area contributed by atoms with Crippen LogP contribution in [0.25, 0.3) is 0 Å². The van der Waals surface area contributed by atoms with Crippen LogP contribution in [0.2, 0.25) is 0 Å². The third kappa shape index (κ3) is 4.20. The van der Waals surface area contributed by atoms with E-state index in [2.05, 4.69) is 5.32 Å². The van der Waals surface area contributed by atoms with Gasteiger partial charge in [0, 0.05) is 12.8 Å². The van der Waals surface area contributed by atoms with Crippen LogP contribution in [-0.4, -0.2) is 18.8 Å². The molecular weight excluding hydrogens is 230 g/mol. The van der Waals surface area contributed by atoms with E-state index in [4.69, 9.17) is 4.74 Å². The van der Waals surface area contributed by atoms with Crippen molar-refractivity contribution in [2.24, 2.45) is 0 Å².